The van der Waals surface area contributed by atoms with Crippen molar-refractivity contribution in [2.75, 3.05) is 113 Å². The molecule has 0 spiro atoms. The van der Waals surface area contributed by atoms with Crippen LogP contribution in [0, 0.1) is 27.7 Å². The first kappa shape index (κ1) is 108. The SMILES string of the molecule is C.CCCO[Si](OCCN)(Oc1ccccc1)Oc1ccc(N)cc1.CO[Si](OCC(C)N)(Oc1ccc(C)cc1)Oc1ccc(N)cc1.Cc1ccc(O[Si](OCC(C)N)(OCC(C)N)Oc2ccc(N)cc2)cc1.Cc1ccc(O[Si](OCCN)(OCCN)Oc2ccc(N)cc2)cc1.Cc1ccc(O[Si](Oc2ccc(N)cc2)(Oc2ccc(N)cc2)Oc2ccc(N)cc2)cc1. The van der Waals surface area contributed by atoms with Gasteiger partial charge in [0.05, 0.1) is 39.6 Å². The number of aryl methyl sites for hydroxylation is 4. The molecular formula is C96H131N13O20Si5. The molecule has 12 aromatic carbocycles. The normalized spacial score (nSPS) is 12.9. The molecule has 5 unspecified atom stereocenters. The van der Waals surface area contributed by atoms with Crippen LogP contribution in [0.1, 0.15) is 63.8 Å². The highest BCUT2D eigenvalue weighted by molar-refractivity contribution is 6.58. The van der Waals surface area contributed by atoms with Crippen molar-refractivity contribution >= 4 is 85.1 Å². The van der Waals surface area contributed by atoms with Crippen molar-refractivity contribution < 1.29 is 88.5 Å². The third kappa shape index (κ3) is 39.3. The number of anilines is 7. The Morgan fingerprint density at radius 2 is 0.388 bits per heavy atom. The van der Waals surface area contributed by atoms with Crippen LogP contribution < -0.4 is 128 Å². The van der Waals surface area contributed by atoms with Crippen LogP contribution in [0.5, 0.6) is 69.0 Å². The lowest BCUT2D eigenvalue weighted by molar-refractivity contribution is 0.0348. The maximum atomic E-state index is 6.34. The zero-order valence-corrected chi connectivity index (χ0v) is 81.5. The Kier molecular flexibility index (Phi) is 45.1. The molecule has 0 aliphatic rings. The Morgan fingerprint density at radius 1 is 0.224 bits per heavy atom. The van der Waals surface area contributed by atoms with Crippen LogP contribution >= 0.6 is 0 Å². The third-order valence-electron chi connectivity index (χ3n) is 17.4. The van der Waals surface area contributed by atoms with Crippen molar-refractivity contribution in [3.05, 3.63) is 320 Å². The fourth-order valence-electron chi connectivity index (χ4n) is 10.8. The summed E-state index contributed by atoms with van der Waals surface area (Å²) in [7, 11) is -16.6. The van der Waals surface area contributed by atoms with Gasteiger partial charge in [-0.05, 0) is 285 Å². The van der Waals surface area contributed by atoms with Crippen LogP contribution in [0.4, 0.5) is 39.8 Å². The van der Waals surface area contributed by atoms with Gasteiger partial charge in [0.1, 0.15) is 69.0 Å². The van der Waals surface area contributed by atoms with E-state index in [0.29, 0.717) is 135 Å². The summed E-state index contributed by atoms with van der Waals surface area (Å²) >= 11 is 0. The summed E-state index contributed by atoms with van der Waals surface area (Å²) < 4.78 is 120. The lowest BCUT2D eigenvalue weighted by Gasteiger charge is -2.29. The summed E-state index contributed by atoms with van der Waals surface area (Å²) in [5.74, 6) is 6.54. The minimum atomic E-state index is -3.95. The second kappa shape index (κ2) is 55.8. The van der Waals surface area contributed by atoms with Gasteiger partial charge in [-0.15, -0.1) is 0 Å². The van der Waals surface area contributed by atoms with Crippen molar-refractivity contribution in [3.8, 4) is 69.0 Å². The van der Waals surface area contributed by atoms with Gasteiger partial charge in [-0.25, -0.2) is 0 Å². The van der Waals surface area contributed by atoms with E-state index in [1.54, 1.807) is 170 Å². The molecule has 38 heteroatoms. The van der Waals surface area contributed by atoms with Gasteiger partial charge in [-0.1, -0.05) is 103 Å². The molecule has 134 heavy (non-hydrogen) atoms. The first-order valence-corrected chi connectivity index (χ1v) is 51.0. The van der Waals surface area contributed by atoms with Crippen molar-refractivity contribution in [1.82, 2.24) is 0 Å². The van der Waals surface area contributed by atoms with E-state index in [4.69, 9.17) is 163 Å². The zero-order valence-electron chi connectivity index (χ0n) is 76.5. The summed E-state index contributed by atoms with van der Waals surface area (Å²) in [4.78, 5) is 0. The summed E-state index contributed by atoms with van der Waals surface area (Å²) in [5.41, 5.74) is 83.5. The number of para-hydroxylation sites is 1. The van der Waals surface area contributed by atoms with Crippen LogP contribution in [0.2, 0.25) is 0 Å². The Bertz CT molecular complexity index is 4870. The summed E-state index contributed by atoms with van der Waals surface area (Å²) in [6.45, 7) is 18.3. The number of benzene rings is 12. The van der Waals surface area contributed by atoms with Gasteiger partial charge in [0.25, 0.3) is 0 Å². The van der Waals surface area contributed by atoms with Gasteiger partial charge in [0, 0.05) is 91.3 Å². The molecule has 5 atom stereocenters. The minimum Gasteiger partial charge on any atom is -0.471 e. The van der Waals surface area contributed by atoms with E-state index >= 15 is 0 Å². The molecule has 12 aromatic rings. The van der Waals surface area contributed by atoms with Crippen molar-refractivity contribution in [2.45, 2.75) is 87.4 Å². The highest BCUT2D eigenvalue weighted by Crippen LogP contribution is 2.33. The van der Waals surface area contributed by atoms with Gasteiger partial charge < -0.3 is 163 Å². The van der Waals surface area contributed by atoms with Crippen LogP contribution in [-0.2, 0) is 35.4 Å². The van der Waals surface area contributed by atoms with Gasteiger partial charge in [-0.2, -0.15) is 0 Å². The van der Waals surface area contributed by atoms with E-state index in [1.807, 2.05) is 183 Å². The number of nitrogens with two attached hydrogens (primary N) is 13. The third-order valence-corrected chi connectivity index (χ3v) is 27.5. The average Bonchev–Trinajstić information content (AvgIpc) is 0.802. The Morgan fingerprint density at radius 3 is 0.575 bits per heavy atom. The van der Waals surface area contributed by atoms with Crippen molar-refractivity contribution in [2.24, 2.45) is 34.4 Å². The van der Waals surface area contributed by atoms with E-state index in [1.165, 1.54) is 7.11 Å². The monoisotopic (exact) mass is 1930 g/mol. The molecule has 0 heterocycles. The van der Waals surface area contributed by atoms with E-state index in [0.717, 1.165) is 28.7 Å². The highest BCUT2D eigenvalue weighted by Gasteiger charge is 2.59. The Labute approximate surface area is 792 Å². The van der Waals surface area contributed by atoms with E-state index in [-0.39, 0.29) is 65.2 Å². The minimum absolute atomic E-state index is 0. The second-order valence-electron chi connectivity index (χ2n) is 30.1. The Hall–Kier alpha value is -12.6. The van der Waals surface area contributed by atoms with Gasteiger partial charge >= 0.3 is 45.2 Å². The standard InChI is InChI=1S/C25H25N3O4Si.C19H29N3O4Si.C17H25N3O4Si.2C17H24N2O4Si.CH4/c1-18-2-10-22(11-3-18)29-33(30-23-12-4-19(26)5-13-23,31-24-14-6-20(27)7-15-24)32-25-16-8-21(28)9-17-25;1-14-4-8-18(9-5-14)25-27(23-12-15(2)20,24-13-16(3)21)26-19-10-6-17(22)7-11-19;1-14-2-6-16(7-3-14)23-25(21-12-10-18,22-13-11-19)24-17-8-4-15(20)5-9-17;1-13-4-8-16(9-5-13)22-24(20-3,21-12-14(2)18)23-17-10-6-15(19)7-11-17;1-2-13-20-24(21-14-12-18,22-16-6-4-3-5-7-16)23-17-10-8-15(19)9-11-17;/h2-17H,26-28H2,1H3;4-11,15-16H,12-13,20-22H2,1-3H3;2-9H,10-13,18-20H2,1H3;4-11,14H,12,18-19H2,1-3H3;3-11H,2,12-14,18-19H2,1H3;1H4. The molecule has 0 radical (unpaired) electrons. The van der Waals surface area contributed by atoms with Crippen molar-refractivity contribution in [3.63, 3.8) is 0 Å². The van der Waals surface area contributed by atoms with E-state index < -0.39 is 45.2 Å². The molecule has 26 N–H and O–H groups in total. The lowest BCUT2D eigenvalue weighted by Crippen LogP contribution is -2.60. The molecule has 720 valence electrons. The maximum Gasteiger partial charge on any atom is 0.966 e. The van der Waals surface area contributed by atoms with Gasteiger partial charge in [0.2, 0.25) is 0 Å². The average molecular weight is 1930 g/mol. The van der Waals surface area contributed by atoms with Crippen molar-refractivity contribution in [1.29, 1.82) is 0 Å². The molecule has 0 amide bonds. The molecular weight excluding hydrogens is 1800 g/mol. The smallest absolute Gasteiger partial charge is 0.471 e. The van der Waals surface area contributed by atoms with Crippen LogP contribution in [0.25, 0.3) is 0 Å². The molecule has 0 aromatic heterocycles. The first-order chi connectivity index (χ1) is 63.8. The highest BCUT2D eigenvalue weighted by atomic mass is 28.4. The van der Waals surface area contributed by atoms with Crippen LogP contribution in [-0.4, -0.2) is 136 Å². The molecule has 0 saturated heterocycles. The lowest BCUT2D eigenvalue weighted by atomic mass is 10.2. The molecule has 0 aliphatic heterocycles. The zero-order chi connectivity index (χ0) is 96.1. The molecule has 0 fully saturated rings. The number of hydrogen-bond donors (Lipinski definition) is 13. The maximum absolute atomic E-state index is 6.34. The molecule has 0 saturated carbocycles. The second-order valence-corrected chi connectivity index (χ2v) is 40.0. The quantitative estimate of drug-likeness (QED) is 0.0124. The first-order valence-electron chi connectivity index (χ1n) is 42.8. The molecule has 12 rings (SSSR count). The fraction of sp³-hybridized carbons (Fsp3) is 0.250. The predicted molar refractivity (Wildman–Crippen MR) is 537 cm³/mol. The topological polar surface area (TPSA) is 523 Å². The molecule has 0 bridgehead atoms. The van der Waals surface area contributed by atoms with E-state index in [2.05, 4.69) is 0 Å². The summed E-state index contributed by atoms with van der Waals surface area (Å²) in [5, 5.41) is 0. The predicted octanol–water partition coefficient (Wildman–Crippen LogP) is 14.1. The number of nitrogen functional groups attached to an aromatic ring is 7. The number of hydrogen-bond acceptors (Lipinski definition) is 33. The summed E-state index contributed by atoms with van der Waals surface area (Å²) in [6, 6.07) is 87.5. The number of rotatable bonds is 46. The van der Waals surface area contributed by atoms with E-state index in [9.17, 15) is 0 Å². The van der Waals surface area contributed by atoms with Gasteiger partial charge in [-0.3, -0.25) is 0 Å². The van der Waals surface area contributed by atoms with Crippen LogP contribution in [0.15, 0.2) is 297 Å². The molecule has 0 aliphatic carbocycles. The molecule has 33 nitrogen and oxygen atoms in total. The largest absolute Gasteiger partial charge is 0.966 e. The Balaban J connectivity index is 0.000000229. The summed E-state index contributed by atoms with van der Waals surface area (Å²) in [6.07, 6.45) is 0.810. The fourth-order valence-corrected chi connectivity index (χ4v) is 20.6. The van der Waals surface area contributed by atoms with Crippen LogP contribution in [0.3, 0.4) is 0 Å². The van der Waals surface area contributed by atoms with Gasteiger partial charge in [0.15, 0.2) is 0 Å².